The summed E-state index contributed by atoms with van der Waals surface area (Å²) in [6.07, 6.45) is -0.663. The zero-order valence-corrected chi connectivity index (χ0v) is 19.2. The van der Waals surface area contributed by atoms with Crippen LogP contribution in [0.4, 0.5) is 23.7 Å². The number of halogens is 3. The lowest BCUT2D eigenvalue weighted by molar-refractivity contribution is -0.153. The highest BCUT2D eigenvalue weighted by molar-refractivity contribution is 7.89. The minimum Gasteiger partial charge on any atom is -0.482 e. The predicted molar refractivity (Wildman–Crippen MR) is 116 cm³/mol. The number of benzene rings is 1. The highest BCUT2D eigenvalue weighted by atomic mass is 32.2. The van der Waals surface area contributed by atoms with Crippen molar-refractivity contribution in [3.8, 4) is 5.75 Å². The fourth-order valence-electron chi connectivity index (χ4n) is 3.15. The number of nitrogens with zero attached hydrogens (tertiary/aromatic N) is 1. The molecule has 0 unspecified atom stereocenters. The lowest BCUT2D eigenvalue weighted by Crippen LogP contribution is -2.42. The molecular formula is C20H29F3N4O5S. The molecule has 1 aliphatic rings. The van der Waals surface area contributed by atoms with Crippen LogP contribution in [0.1, 0.15) is 39.0 Å². The Hall–Kier alpha value is -2.54. The molecule has 1 fully saturated rings. The Morgan fingerprint density at radius 3 is 2.39 bits per heavy atom. The molecule has 2 rings (SSSR count). The first kappa shape index (κ1) is 26.7. The molecule has 33 heavy (non-hydrogen) atoms. The molecule has 9 nitrogen and oxygen atoms in total. The van der Waals surface area contributed by atoms with Crippen LogP contribution in [0.5, 0.6) is 5.75 Å². The van der Waals surface area contributed by atoms with Gasteiger partial charge in [-0.3, -0.25) is 10.1 Å². The largest absolute Gasteiger partial charge is 0.482 e. The number of hydrogen-bond acceptors (Lipinski definition) is 6. The molecule has 1 aromatic carbocycles. The molecule has 1 heterocycles. The third-order valence-electron chi connectivity index (χ3n) is 4.77. The Morgan fingerprint density at radius 1 is 1.12 bits per heavy atom. The maximum Gasteiger partial charge on any atom is 0.422 e. The minimum atomic E-state index is -4.61. The molecule has 0 spiro atoms. The Bertz CT molecular complexity index is 917. The number of nitrogens with one attached hydrogen (secondary N) is 3. The van der Waals surface area contributed by atoms with Crippen molar-refractivity contribution < 1.29 is 35.9 Å². The number of amides is 3. The van der Waals surface area contributed by atoms with E-state index in [1.807, 2.05) is 6.92 Å². The Morgan fingerprint density at radius 2 is 1.79 bits per heavy atom. The summed E-state index contributed by atoms with van der Waals surface area (Å²) in [5.74, 6) is -1.03. The lowest BCUT2D eigenvalue weighted by Gasteiger charge is -2.21. The third kappa shape index (κ3) is 8.72. The van der Waals surface area contributed by atoms with E-state index in [2.05, 4.69) is 16.0 Å². The van der Waals surface area contributed by atoms with Crippen molar-refractivity contribution in [2.45, 2.75) is 50.1 Å². The first-order valence-corrected chi connectivity index (χ1v) is 12.1. The van der Waals surface area contributed by atoms with Crippen LogP contribution in [0.2, 0.25) is 0 Å². The van der Waals surface area contributed by atoms with Crippen LogP contribution in [-0.2, 0) is 14.8 Å². The molecule has 1 saturated heterocycles. The van der Waals surface area contributed by atoms with Gasteiger partial charge < -0.3 is 15.4 Å². The Kier molecular flexibility index (Phi) is 9.77. The average Bonchev–Trinajstić information content (AvgIpc) is 3.04. The maximum absolute atomic E-state index is 13.0. The number of sulfonamides is 1. The maximum atomic E-state index is 13.0. The van der Waals surface area contributed by atoms with Crippen LogP contribution < -0.4 is 20.7 Å². The van der Waals surface area contributed by atoms with E-state index in [9.17, 15) is 31.2 Å². The number of imide groups is 1. The van der Waals surface area contributed by atoms with Gasteiger partial charge in [0.1, 0.15) is 5.75 Å². The topological polar surface area (TPSA) is 117 Å². The van der Waals surface area contributed by atoms with Gasteiger partial charge in [0.25, 0.3) is 0 Å². The van der Waals surface area contributed by atoms with Crippen LogP contribution in [-0.4, -0.2) is 63.6 Å². The number of anilines is 1. The average molecular weight is 495 g/mol. The fraction of sp³-hybridized carbons (Fsp3) is 0.600. The molecule has 1 aliphatic heterocycles. The molecule has 0 bridgehead atoms. The molecule has 0 aliphatic carbocycles. The fourth-order valence-corrected chi connectivity index (χ4v) is 4.70. The zero-order chi connectivity index (χ0) is 24.5. The Labute approximate surface area is 191 Å². The molecule has 186 valence electrons. The van der Waals surface area contributed by atoms with Gasteiger partial charge in [-0.05, 0) is 37.5 Å². The summed E-state index contributed by atoms with van der Waals surface area (Å²) in [6.45, 7) is 0.817. The molecule has 0 aromatic heterocycles. The van der Waals surface area contributed by atoms with Crippen molar-refractivity contribution >= 4 is 27.6 Å². The van der Waals surface area contributed by atoms with Crippen molar-refractivity contribution in [3.63, 3.8) is 0 Å². The minimum absolute atomic E-state index is 0.112. The van der Waals surface area contributed by atoms with Gasteiger partial charge in [0, 0.05) is 19.6 Å². The normalized spacial score (nSPS) is 15.4. The summed E-state index contributed by atoms with van der Waals surface area (Å²) < 4.78 is 70.1. The van der Waals surface area contributed by atoms with Gasteiger partial charge in [-0.2, -0.15) is 17.5 Å². The SMILES string of the molecule is CCCNC(=O)NC(=O)CNc1cc(S(=O)(=O)N2CCCCCC2)ccc1OCC(F)(F)F. The van der Waals surface area contributed by atoms with Gasteiger partial charge in [0.05, 0.1) is 17.1 Å². The smallest absolute Gasteiger partial charge is 0.422 e. The van der Waals surface area contributed by atoms with Crippen molar-refractivity contribution in [1.82, 2.24) is 14.9 Å². The summed E-state index contributed by atoms with van der Waals surface area (Å²) in [5.41, 5.74) is -0.112. The van der Waals surface area contributed by atoms with E-state index in [1.165, 1.54) is 10.4 Å². The number of hydrogen-bond donors (Lipinski definition) is 3. The van der Waals surface area contributed by atoms with Gasteiger partial charge >= 0.3 is 12.2 Å². The summed E-state index contributed by atoms with van der Waals surface area (Å²) in [6, 6.07) is 2.71. The zero-order valence-electron chi connectivity index (χ0n) is 18.3. The molecule has 0 saturated carbocycles. The first-order chi connectivity index (χ1) is 15.5. The second kappa shape index (κ2) is 12.1. The molecule has 0 radical (unpaired) electrons. The van der Waals surface area contributed by atoms with Gasteiger partial charge in [0.15, 0.2) is 6.61 Å². The van der Waals surface area contributed by atoms with E-state index in [-0.39, 0.29) is 16.3 Å². The Balaban J connectivity index is 2.20. The number of rotatable bonds is 9. The van der Waals surface area contributed by atoms with E-state index in [1.54, 1.807) is 0 Å². The van der Waals surface area contributed by atoms with Crippen molar-refractivity contribution in [2.75, 3.05) is 38.1 Å². The first-order valence-electron chi connectivity index (χ1n) is 10.7. The predicted octanol–water partition coefficient (Wildman–Crippen LogP) is 2.84. The van der Waals surface area contributed by atoms with E-state index in [0.717, 1.165) is 37.8 Å². The summed E-state index contributed by atoms with van der Waals surface area (Å²) >= 11 is 0. The van der Waals surface area contributed by atoms with Crippen LogP contribution in [0.15, 0.2) is 23.1 Å². The number of urea groups is 1. The number of ether oxygens (including phenoxy) is 1. The number of carbonyl (C=O) groups excluding carboxylic acids is 2. The van der Waals surface area contributed by atoms with Crippen molar-refractivity contribution in [3.05, 3.63) is 18.2 Å². The number of alkyl halides is 3. The molecule has 3 N–H and O–H groups in total. The highest BCUT2D eigenvalue weighted by Gasteiger charge is 2.30. The summed E-state index contributed by atoms with van der Waals surface area (Å²) in [5, 5.41) is 7.08. The van der Waals surface area contributed by atoms with Gasteiger partial charge in [-0.1, -0.05) is 19.8 Å². The standard InChI is InChI=1S/C20H29F3N4O5S/c1-2-9-24-19(29)26-18(28)13-25-16-12-15(7-8-17(16)32-14-20(21,22)23)33(30,31)27-10-5-3-4-6-11-27/h7-8,12,25H,2-6,9-11,13-14H2,1H3,(H2,24,26,28,29). The third-order valence-corrected chi connectivity index (χ3v) is 6.67. The highest BCUT2D eigenvalue weighted by Crippen LogP contribution is 2.31. The van der Waals surface area contributed by atoms with E-state index in [4.69, 9.17) is 4.74 Å². The van der Waals surface area contributed by atoms with Crippen LogP contribution in [0.25, 0.3) is 0 Å². The second-order valence-corrected chi connectivity index (χ2v) is 9.48. The molecule has 13 heteroatoms. The van der Waals surface area contributed by atoms with E-state index >= 15 is 0 Å². The van der Waals surface area contributed by atoms with Gasteiger partial charge in [0.2, 0.25) is 15.9 Å². The van der Waals surface area contributed by atoms with Crippen molar-refractivity contribution in [1.29, 1.82) is 0 Å². The molecule has 1 aromatic rings. The van der Waals surface area contributed by atoms with Gasteiger partial charge in [-0.15, -0.1) is 0 Å². The van der Waals surface area contributed by atoms with Crippen molar-refractivity contribution in [2.24, 2.45) is 0 Å². The lowest BCUT2D eigenvalue weighted by atomic mass is 10.2. The molecular weight excluding hydrogens is 465 g/mol. The monoisotopic (exact) mass is 494 g/mol. The van der Waals surface area contributed by atoms with E-state index < -0.39 is 41.3 Å². The molecule has 0 atom stereocenters. The summed E-state index contributed by atoms with van der Waals surface area (Å²) in [4.78, 5) is 23.5. The molecule has 3 amide bonds. The second-order valence-electron chi connectivity index (χ2n) is 7.54. The quantitative estimate of drug-likeness (QED) is 0.486. The van der Waals surface area contributed by atoms with E-state index in [0.29, 0.717) is 26.1 Å². The van der Waals surface area contributed by atoms with Crippen LogP contribution >= 0.6 is 0 Å². The number of carbonyl (C=O) groups is 2. The van der Waals surface area contributed by atoms with Crippen LogP contribution in [0.3, 0.4) is 0 Å². The summed E-state index contributed by atoms with van der Waals surface area (Å²) in [7, 11) is -3.88. The van der Waals surface area contributed by atoms with Gasteiger partial charge in [-0.25, -0.2) is 13.2 Å². The van der Waals surface area contributed by atoms with Crippen LogP contribution in [0, 0.1) is 0 Å².